The molecule has 7 heteroatoms. The Morgan fingerprint density at radius 2 is 1.77 bits per heavy atom. The maximum atomic E-state index is 12.6. The number of hydrogen-bond acceptors (Lipinski definition) is 4. The molecule has 0 spiro atoms. The second-order valence-corrected chi connectivity index (χ2v) is 8.65. The van der Waals surface area contributed by atoms with E-state index in [9.17, 15) is 8.42 Å². The average Bonchev–Trinajstić information content (AvgIpc) is 3.21. The van der Waals surface area contributed by atoms with Gasteiger partial charge in [-0.2, -0.15) is 17.4 Å². The standard InChI is InChI=1S/C19H24N4O2S/c24-26(25,23-12-9-17-5-1-2-6-18(17)15-23)21-14-16-7-8-19(20-13-16)22-10-3-4-11-22/h1-2,5-8,13,21H,3-4,9-12,14-15H2. The molecule has 26 heavy (non-hydrogen) atoms. The van der Waals surface area contributed by atoms with Gasteiger partial charge >= 0.3 is 0 Å². The zero-order valence-electron chi connectivity index (χ0n) is 14.8. The van der Waals surface area contributed by atoms with E-state index in [0.29, 0.717) is 13.1 Å². The van der Waals surface area contributed by atoms with E-state index >= 15 is 0 Å². The molecular weight excluding hydrogens is 348 g/mol. The Kier molecular flexibility index (Phi) is 4.93. The lowest BCUT2D eigenvalue weighted by Crippen LogP contribution is -2.43. The van der Waals surface area contributed by atoms with Crippen molar-refractivity contribution in [1.82, 2.24) is 14.0 Å². The summed E-state index contributed by atoms with van der Waals surface area (Å²) in [6.07, 6.45) is 4.94. The molecule has 138 valence electrons. The minimum atomic E-state index is -3.50. The van der Waals surface area contributed by atoms with Gasteiger partial charge in [0, 0.05) is 38.9 Å². The summed E-state index contributed by atoms with van der Waals surface area (Å²) in [5, 5.41) is 0. The Balaban J connectivity index is 1.38. The van der Waals surface area contributed by atoms with Gasteiger partial charge in [-0.25, -0.2) is 4.98 Å². The zero-order valence-corrected chi connectivity index (χ0v) is 15.6. The SMILES string of the molecule is O=S(=O)(NCc1ccc(N2CCCC2)nc1)N1CCc2ccccc2C1. The molecule has 1 saturated heterocycles. The maximum Gasteiger partial charge on any atom is 0.280 e. The van der Waals surface area contributed by atoms with E-state index in [0.717, 1.165) is 36.5 Å². The molecule has 1 aromatic carbocycles. The Labute approximate surface area is 155 Å². The number of rotatable bonds is 5. The summed E-state index contributed by atoms with van der Waals surface area (Å²) in [5.74, 6) is 0.974. The largest absolute Gasteiger partial charge is 0.357 e. The number of fused-ring (bicyclic) bond motifs is 1. The molecule has 1 N–H and O–H groups in total. The molecule has 0 atom stereocenters. The summed E-state index contributed by atoms with van der Waals surface area (Å²) >= 11 is 0. The van der Waals surface area contributed by atoms with Gasteiger partial charge in [0.15, 0.2) is 0 Å². The van der Waals surface area contributed by atoms with E-state index in [1.54, 1.807) is 6.20 Å². The van der Waals surface area contributed by atoms with Crippen molar-refractivity contribution < 1.29 is 8.42 Å². The monoisotopic (exact) mass is 372 g/mol. The van der Waals surface area contributed by atoms with Crippen LogP contribution in [0.2, 0.25) is 0 Å². The number of hydrogen-bond donors (Lipinski definition) is 1. The molecule has 0 saturated carbocycles. The highest BCUT2D eigenvalue weighted by Gasteiger charge is 2.26. The van der Waals surface area contributed by atoms with Crippen LogP contribution >= 0.6 is 0 Å². The topological polar surface area (TPSA) is 65.5 Å². The number of nitrogens with one attached hydrogen (secondary N) is 1. The van der Waals surface area contributed by atoms with Crippen molar-refractivity contribution in [2.24, 2.45) is 0 Å². The van der Waals surface area contributed by atoms with Gasteiger partial charge in [0.05, 0.1) is 0 Å². The summed E-state index contributed by atoms with van der Waals surface area (Å²) in [6, 6.07) is 12.0. The van der Waals surface area contributed by atoms with Crippen LogP contribution in [-0.2, 0) is 29.7 Å². The van der Waals surface area contributed by atoms with Crippen LogP contribution in [0.3, 0.4) is 0 Å². The fourth-order valence-electron chi connectivity index (χ4n) is 3.60. The van der Waals surface area contributed by atoms with Crippen molar-refractivity contribution in [2.45, 2.75) is 32.4 Å². The quantitative estimate of drug-likeness (QED) is 0.873. The first-order chi connectivity index (χ1) is 12.6. The van der Waals surface area contributed by atoms with Gasteiger partial charge in [-0.1, -0.05) is 30.3 Å². The van der Waals surface area contributed by atoms with Crippen LogP contribution in [0.4, 0.5) is 5.82 Å². The Morgan fingerprint density at radius 1 is 1.00 bits per heavy atom. The third-order valence-electron chi connectivity index (χ3n) is 5.13. The van der Waals surface area contributed by atoms with Crippen molar-refractivity contribution in [3.8, 4) is 0 Å². The van der Waals surface area contributed by atoms with Crippen LogP contribution < -0.4 is 9.62 Å². The summed E-state index contributed by atoms with van der Waals surface area (Å²) in [7, 11) is -3.50. The van der Waals surface area contributed by atoms with Crippen LogP contribution in [0.25, 0.3) is 0 Å². The smallest absolute Gasteiger partial charge is 0.280 e. The highest BCUT2D eigenvalue weighted by atomic mass is 32.2. The molecule has 2 aliphatic heterocycles. The fraction of sp³-hybridized carbons (Fsp3) is 0.421. The van der Waals surface area contributed by atoms with Gasteiger partial charge in [-0.15, -0.1) is 0 Å². The zero-order chi connectivity index (χ0) is 18.0. The predicted octanol–water partition coefficient (Wildman–Crippen LogP) is 2.07. The molecule has 1 fully saturated rings. The second kappa shape index (κ2) is 7.34. The molecule has 4 rings (SSSR count). The summed E-state index contributed by atoms with van der Waals surface area (Å²) in [5.41, 5.74) is 3.19. The molecule has 2 aliphatic rings. The van der Waals surface area contributed by atoms with Crippen molar-refractivity contribution in [2.75, 3.05) is 24.5 Å². The molecule has 6 nitrogen and oxygen atoms in total. The van der Waals surface area contributed by atoms with Crippen LogP contribution in [0.5, 0.6) is 0 Å². The third kappa shape index (κ3) is 3.75. The van der Waals surface area contributed by atoms with E-state index in [4.69, 9.17) is 0 Å². The van der Waals surface area contributed by atoms with E-state index in [-0.39, 0.29) is 6.54 Å². The molecule has 0 radical (unpaired) electrons. The van der Waals surface area contributed by atoms with E-state index in [1.807, 2.05) is 30.3 Å². The number of anilines is 1. The molecule has 0 bridgehead atoms. The number of benzene rings is 1. The summed E-state index contributed by atoms with van der Waals surface area (Å²) in [4.78, 5) is 6.74. The van der Waals surface area contributed by atoms with Crippen molar-refractivity contribution in [3.05, 3.63) is 59.3 Å². The summed E-state index contributed by atoms with van der Waals surface area (Å²) in [6.45, 7) is 3.30. The van der Waals surface area contributed by atoms with Gasteiger partial charge in [-0.05, 0) is 42.0 Å². The maximum absolute atomic E-state index is 12.6. The first-order valence-electron chi connectivity index (χ1n) is 9.13. The van der Waals surface area contributed by atoms with Crippen LogP contribution in [0.15, 0.2) is 42.6 Å². The van der Waals surface area contributed by atoms with Gasteiger partial charge in [0.25, 0.3) is 10.2 Å². The normalized spacial score (nSPS) is 18.1. The van der Waals surface area contributed by atoms with Crippen LogP contribution in [0, 0.1) is 0 Å². The van der Waals surface area contributed by atoms with Crippen molar-refractivity contribution >= 4 is 16.0 Å². The van der Waals surface area contributed by atoms with Crippen molar-refractivity contribution in [3.63, 3.8) is 0 Å². The Bertz CT molecular complexity index is 861. The molecule has 1 aromatic heterocycles. The van der Waals surface area contributed by atoms with Gasteiger partial charge < -0.3 is 4.90 Å². The van der Waals surface area contributed by atoms with Crippen LogP contribution in [0.1, 0.15) is 29.5 Å². The Hall–Kier alpha value is -1.96. The second-order valence-electron chi connectivity index (χ2n) is 6.90. The Morgan fingerprint density at radius 3 is 2.50 bits per heavy atom. The van der Waals surface area contributed by atoms with Crippen molar-refractivity contribution in [1.29, 1.82) is 0 Å². The minimum Gasteiger partial charge on any atom is -0.357 e. The van der Waals surface area contributed by atoms with E-state index < -0.39 is 10.2 Å². The minimum absolute atomic E-state index is 0.258. The van der Waals surface area contributed by atoms with Crippen LogP contribution in [-0.4, -0.2) is 37.3 Å². The predicted molar refractivity (Wildman–Crippen MR) is 102 cm³/mol. The lowest BCUT2D eigenvalue weighted by atomic mass is 10.0. The molecule has 2 aromatic rings. The molecule has 0 unspecified atom stereocenters. The first kappa shape index (κ1) is 17.5. The molecular formula is C19H24N4O2S. The molecule has 0 amide bonds. The number of pyridine rings is 1. The number of nitrogens with zero attached hydrogens (tertiary/aromatic N) is 3. The van der Waals surface area contributed by atoms with Gasteiger partial charge in [0.2, 0.25) is 0 Å². The lowest BCUT2D eigenvalue weighted by molar-refractivity contribution is 0.384. The fourth-order valence-corrected chi connectivity index (χ4v) is 4.77. The van der Waals surface area contributed by atoms with Gasteiger partial charge in [-0.3, -0.25) is 0 Å². The first-order valence-corrected chi connectivity index (χ1v) is 10.6. The lowest BCUT2D eigenvalue weighted by Gasteiger charge is -2.28. The van der Waals surface area contributed by atoms with E-state index in [2.05, 4.69) is 20.7 Å². The highest BCUT2D eigenvalue weighted by molar-refractivity contribution is 7.87. The average molecular weight is 372 g/mol. The molecule has 0 aliphatic carbocycles. The summed E-state index contributed by atoms with van der Waals surface area (Å²) < 4.78 is 29.5. The number of aromatic nitrogens is 1. The third-order valence-corrected chi connectivity index (χ3v) is 6.63. The molecule has 3 heterocycles. The van der Waals surface area contributed by atoms with Gasteiger partial charge in [0.1, 0.15) is 5.82 Å². The highest BCUT2D eigenvalue weighted by Crippen LogP contribution is 2.21. The van der Waals surface area contributed by atoms with E-state index in [1.165, 1.54) is 22.7 Å².